The zero-order chi connectivity index (χ0) is 44.4. The molecule has 0 heterocycles. The molecule has 0 unspecified atom stereocenters. The highest BCUT2D eigenvalue weighted by Gasteiger charge is 2.19. The molecular weight excluding hydrogens is 757 g/mol. The average molecular weight is 857 g/mol. The van der Waals surface area contributed by atoms with Gasteiger partial charge in [-0.1, -0.05) is 224 Å². The molecule has 0 bridgehead atoms. The largest absolute Gasteiger partial charge is 0.462 e. The quantitative estimate of drug-likeness (QED) is 0.0262. The van der Waals surface area contributed by atoms with E-state index in [1.54, 1.807) is 0 Å². The number of ether oxygens (including phenoxy) is 3. The van der Waals surface area contributed by atoms with Crippen molar-refractivity contribution in [1.29, 1.82) is 0 Å². The van der Waals surface area contributed by atoms with Gasteiger partial charge in [-0.15, -0.1) is 0 Å². The number of allylic oxidation sites excluding steroid dienone is 6. The second-order valence-corrected chi connectivity index (χ2v) is 17.8. The first-order valence-electron chi connectivity index (χ1n) is 26.5. The van der Waals surface area contributed by atoms with Gasteiger partial charge in [0.05, 0.1) is 0 Å². The molecule has 0 amide bonds. The number of rotatable bonds is 48. The van der Waals surface area contributed by atoms with Gasteiger partial charge in [0.1, 0.15) is 13.2 Å². The van der Waals surface area contributed by atoms with Gasteiger partial charge in [-0.25, -0.2) is 0 Å². The predicted molar refractivity (Wildman–Crippen MR) is 261 cm³/mol. The molecule has 0 aromatic carbocycles. The van der Waals surface area contributed by atoms with Gasteiger partial charge in [-0.05, 0) is 70.6 Å². The molecule has 0 N–H and O–H groups in total. The van der Waals surface area contributed by atoms with Crippen molar-refractivity contribution in [1.82, 2.24) is 0 Å². The van der Waals surface area contributed by atoms with Crippen LogP contribution in [0.5, 0.6) is 0 Å². The van der Waals surface area contributed by atoms with E-state index in [-0.39, 0.29) is 31.1 Å². The monoisotopic (exact) mass is 857 g/mol. The average Bonchev–Trinajstić information content (AvgIpc) is 3.26. The molecule has 6 heteroatoms. The summed E-state index contributed by atoms with van der Waals surface area (Å²) in [6.45, 7) is 6.59. The Morgan fingerprint density at radius 3 is 0.967 bits per heavy atom. The second kappa shape index (κ2) is 50.3. The summed E-state index contributed by atoms with van der Waals surface area (Å²) in [6.07, 6.45) is 58.3. The number of hydrogen-bond acceptors (Lipinski definition) is 6. The minimum Gasteiger partial charge on any atom is -0.462 e. The maximum absolute atomic E-state index is 12.8. The number of carbonyl (C=O) groups is 3. The molecule has 0 radical (unpaired) electrons. The Labute approximate surface area is 378 Å². The number of carbonyl (C=O) groups excluding carboxylic acids is 3. The number of unbranched alkanes of at least 4 members (excludes halogenated alkanes) is 31. The third-order valence-electron chi connectivity index (χ3n) is 11.6. The van der Waals surface area contributed by atoms with E-state index < -0.39 is 6.10 Å². The molecule has 0 aliphatic rings. The SMILES string of the molecule is CCCC/C=C/C/C=C/CCCCCCCC(=O)O[C@H](COC(=O)CCCCCCC/C=C/CCCCCCC)COC(=O)CCCCCCCCCCCCCCCCC. The van der Waals surface area contributed by atoms with Crippen molar-refractivity contribution >= 4 is 17.9 Å². The van der Waals surface area contributed by atoms with Gasteiger partial charge in [0, 0.05) is 19.3 Å². The highest BCUT2D eigenvalue weighted by Crippen LogP contribution is 2.15. The van der Waals surface area contributed by atoms with Crippen molar-refractivity contribution in [3.63, 3.8) is 0 Å². The Morgan fingerprint density at radius 2 is 0.607 bits per heavy atom. The summed E-state index contributed by atoms with van der Waals surface area (Å²) in [7, 11) is 0. The van der Waals surface area contributed by atoms with Gasteiger partial charge < -0.3 is 14.2 Å². The summed E-state index contributed by atoms with van der Waals surface area (Å²) in [4.78, 5) is 38.0. The van der Waals surface area contributed by atoms with Crippen molar-refractivity contribution in [3.05, 3.63) is 36.5 Å². The lowest BCUT2D eigenvalue weighted by atomic mass is 10.0. The van der Waals surface area contributed by atoms with Crippen molar-refractivity contribution in [3.8, 4) is 0 Å². The summed E-state index contributed by atoms with van der Waals surface area (Å²) in [5.74, 6) is -0.889. The van der Waals surface area contributed by atoms with Crippen molar-refractivity contribution in [2.24, 2.45) is 0 Å². The fourth-order valence-corrected chi connectivity index (χ4v) is 7.57. The molecule has 61 heavy (non-hydrogen) atoms. The Bertz CT molecular complexity index is 1030. The third kappa shape index (κ3) is 48.5. The molecule has 6 nitrogen and oxygen atoms in total. The predicted octanol–water partition coefficient (Wildman–Crippen LogP) is 17.3. The van der Waals surface area contributed by atoms with Crippen LogP contribution in [-0.4, -0.2) is 37.2 Å². The van der Waals surface area contributed by atoms with Gasteiger partial charge in [0.15, 0.2) is 6.10 Å². The summed E-state index contributed by atoms with van der Waals surface area (Å²) in [6, 6.07) is 0. The van der Waals surface area contributed by atoms with E-state index in [9.17, 15) is 14.4 Å². The normalized spacial score (nSPS) is 12.2. The van der Waals surface area contributed by atoms with E-state index in [0.717, 1.165) is 89.9 Å². The Hall–Kier alpha value is -2.37. The first kappa shape index (κ1) is 58.6. The minimum atomic E-state index is -0.779. The van der Waals surface area contributed by atoms with Gasteiger partial charge in [0.2, 0.25) is 0 Å². The molecule has 0 aliphatic carbocycles. The first-order valence-corrected chi connectivity index (χ1v) is 26.5. The second-order valence-electron chi connectivity index (χ2n) is 17.8. The standard InChI is InChI=1S/C55H100O6/c1-4-7-10-13-16-19-22-25-28-31-33-36-39-42-45-48-54(57)60-51-52(61-55(58)49-46-43-40-37-34-30-27-24-21-18-15-12-9-6-3)50-59-53(56)47-44-41-38-35-32-29-26-23-20-17-14-11-8-5-2/h15,18,23-24,26-27,52H,4-14,16-17,19-22,25,28-51H2,1-3H3/b18-15+,26-23+,27-24+/t52-/m1/s1. The maximum atomic E-state index is 12.8. The number of esters is 3. The molecule has 0 rings (SSSR count). The zero-order valence-electron chi connectivity index (χ0n) is 40.7. The Balaban J connectivity index is 4.38. The summed E-state index contributed by atoms with van der Waals surface area (Å²) in [5.41, 5.74) is 0. The summed E-state index contributed by atoms with van der Waals surface area (Å²) < 4.78 is 16.8. The van der Waals surface area contributed by atoms with Crippen LogP contribution >= 0.6 is 0 Å². The van der Waals surface area contributed by atoms with E-state index in [1.807, 2.05) is 0 Å². The van der Waals surface area contributed by atoms with Crippen LogP contribution in [0.1, 0.15) is 278 Å². The van der Waals surface area contributed by atoms with E-state index in [0.29, 0.717) is 19.3 Å². The summed E-state index contributed by atoms with van der Waals surface area (Å²) in [5, 5.41) is 0. The summed E-state index contributed by atoms with van der Waals surface area (Å²) >= 11 is 0. The lowest BCUT2D eigenvalue weighted by Gasteiger charge is -2.18. The first-order chi connectivity index (χ1) is 30.0. The van der Waals surface area contributed by atoms with Crippen LogP contribution < -0.4 is 0 Å². The van der Waals surface area contributed by atoms with Crippen LogP contribution in [0.3, 0.4) is 0 Å². The fraction of sp³-hybridized carbons (Fsp3) is 0.836. The smallest absolute Gasteiger partial charge is 0.306 e. The van der Waals surface area contributed by atoms with Gasteiger partial charge in [0.25, 0.3) is 0 Å². The zero-order valence-corrected chi connectivity index (χ0v) is 40.7. The number of hydrogen-bond donors (Lipinski definition) is 0. The minimum absolute atomic E-state index is 0.0774. The van der Waals surface area contributed by atoms with Crippen LogP contribution in [0.15, 0.2) is 36.5 Å². The highest BCUT2D eigenvalue weighted by atomic mass is 16.6. The van der Waals surface area contributed by atoms with Crippen molar-refractivity contribution < 1.29 is 28.6 Å². The van der Waals surface area contributed by atoms with Crippen molar-refractivity contribution in [2.75, 3.05) is 13.2 Å². The third-order valence-corrected chi connectivity index (χ3v) is 11.6. The molecule has 0 saturated heterocycles. The maximum Gasteiger partial charge on any atom is 0.306 e. The molecule has 0 aromatic rings. The Kier molecular flexibility index (Phi) is 48.3. The van der Waals surface area contributed by atoms with Gasteiger partial charge in [-0.3, -0.25) is 14.4 Å². The van der Waals surface area contributed by atoms with E-state index >= 15 is 0 Å². The lowest BCUT2D eigenvalue weighted by molar-refractivity contribution is -0.167. The molecule has 1 atom stereocenters. The van der Waals surface area contributed by atoms with Gasteiger partial charge >= 0.3 is 17.9 Å². The lowest BCUT2D eigenvalue weighted by Crippen LogP contribution is -2.30. The van der Waals surface area contributed by atoms with Crippen LogP contribution in [0.4, 0.5) is 0 Å². The molecular formula is C55H100O6. The molecule has 0 saturated carbocycles. The van der Waals surface area contributed by atoms with E-state index in [1.165, 1.54) is 148 Å². The fourth-order valence-electron chi connectivity index (χ4n) is 7.57. The van der Waals surface area contributed by atoms with Crippen LogP contribution in [-0.2, 0) is 28.6 Å². The van der Waals surface area contributed by atoms with Crippen LogP contribution in [0, 0.1) is 0 Å². The molecule has 0 fully saturated rings. The van der Waals surface area contributed by atoms with Crippen molar-refractivity contribution in [2.45, 2.75) is 284 Å². The highest BCUT2D eigenvalue weighted by molar-refractivity contribution is 5.71. The van der Waals surface area contributed by atoms with E-state index in [2.05, 4.69) is 57.2 Å². The Morgan fingerprint density at radius 1 is 0.328 bits per heavy atom. The van der Waals surface area contributed by atoms with Gasteiger partial charge in [-0.2, -0.15) is 0 Å². The molecule has 356 valence electrons. The van der Waals surface area contributed by atoms with E-state index in [4.69, 9.17) is 14.2 Å². The van der Waals surface area contributed by atoms with Crippen LogP contribution in [0.25, 0.3) is 0 Å². The van der Waals surface area contributed by atoms with Crippen LogP contribution in [0.2, 0.25) is 0 Å². The molecule has 0 aliphatic heterocycles. The topological polar surface area (TPSA) is 78.9 Å². The molecule has 0 aromatic heterocycles. The molecule has 0 spiro atoms.